The van der Waals surface area contributed by atoms with Crippen molar-refractivity contribution < 1.29 is 9.68 Å². The standard InChI is InChI=1S/C14H13Cl2NO2/c15-13-7-4-8-14(16)12(13)10-19-17-18-9-11-5-2-1-3-6-11/h1-8,17H,9-10H2. The number of benzene rings is 2. The minimum Gasteiger partial charge on any atom is -0.272 e. The van der Waals surface area contributed by atoms with Crippen molar-refractivity contribution in [3.05, 3.63) is 69.7 Å². The first-order valence-electron chi connectivity index (χ1n) is 5.73. The van der Waals surface area contributed by atoms with Crippen LogP contribution in [0.15, 0.2) is 48.5 Å². The first-order chi connectivity index (χ1) is 9.27. The predicted octanol–water partition coefficient (Wildman–Crippen LogP) is 4.15. The molecule has 0 aromatic heterocycles. The monoisotopic (exact) mass is 297 g/mol. The van der Waals surface area contributed by atoms with Crippen molar-refractivity contribution in [2.75, 3.05) is 0 Å². The van der Waals surface area contributed by atoms with E-state index in [-0.39, 0.29) is 6.61 Å². The van der Waals surface area contributed by atoms with Crippen LogP contribution in [-0.2, 0) is 22.9 Å². The van der Waals surface area contributed by atoms with Gasteiger partial charge in [0.05, 0.1) is 13.2 Å². The van der Waals surface area contributed by atoms with Crippen LogP contribution in [0.1, 0.15) is 11.1 Å². The molecule has 0 radical (unpaired) electrons. The lowest BCUT2D eigenvalue weighted by atomic mass is 10.2. The Morgan fingerprint density at radius 3 is 2.11 bits per heavy atom. The Hall–Kier alpha value is -1.10. The second-order valence-corrected chi connectivity index (χ2v) is 4.66. The topological polar surface area (TPSA) is 30.5 Å². The molecule has 0 atom stereocenters. The van der Waals surface area contributed by atoms with Crippen molar-refractivity contribution in [3.8, 4) is 0 Å². The van der Waals surface area contributed by atoms with Gasteiger partial charge in [-0.05, 0) is 17.7 Å². The van der Waals surface area contributed by atoms with E-state index in [1.54, 1.807) is 18.2 Å². The van der Waals surface area contributed by atoms with Gasteiger partial charge in [0.1, 0.15) is 0 Å². The van der Waals surface area contributed by atoms with E-state index in [0.717, 1.165) is 11.1 Å². The first kappa shape index (κ1) is 14.3. The molecule has 2 rings (SSSR count). The third-order valence-electron chi connectivity index (χ3n) is 2.48. The summed E-state index contributed by atoms with van der Waals surface area (Å²) >= 11 is 12.0. The molecular weight excluding hydrogens is 285 g/mol. The van der Waals surface area contributed by atoms with Gasteiger partial charge in [-0.3, -0.25) is 9.68 Å². The van der Waals surface area contributed by atoms with Gasteiger partial charge < -0.3 is 0 Å². The molecular formula is C14H13Cl2NO2. The summed E-state index contributed by atoms with van der Waals surface area (Å²) < 4.78 is 0. The first-order valence-corrected chi connectivity index (χ1v) is 6.48. The lowest BCUT2D eigenvalue weighted by Gasteiger charge is -2.09. The van der Waals surface area contributed by atoms with Crippen LogP contribution >= 0.6 is 23.2 Å². The van der Waals surface area contributed by atoms with Crippen LogP contribution in [0.4, 0.5) is 0 Å². The second kappa shape index (κ2) is 7.48. The van der Waals surface area contributed by atoms with Crippen molar-refractivity contribution in [2.24, 2.45) is 0 Å². The summed E-state index contributed by atoms with van der Waals surface area (Å²) in [6.07, 6.45) is 0. The highest BCUT2D eigenvalue weighted by molar-refractivity contribution is 6.35. The number of rotatable bonds is 6. The predicted molar refractivity (Wildman–Crippen MR) is 75.6 cm³/mol. The summed E-state index contributed by atoms with van der Waals surface area (Å²) in [7, 11) is 0. The molecule has 3 nitrogen and oxygen atoms in total. The van der Waals surface area contributed by atoms with Crippen molar-refractivity contribution in [1.82, 2.24) is 5.64 Å². The Bertz CT molecular complexity index is 500. The molecule has 0 aliphatic carbocycles. The van der Waals surface area contributed by atoms with Crippen LogP contribution in [0.5, 0.6) is 0 Å². The summed E-state index contributed by atoms with van der Waals surface area (Å²) in [5.41, 5.74) is 4.19. The molecule has 19 heavy (non-hydrogen) atoms. The average molecular weight is 298 g/mol. The number of nitrogens with one attached hydrogen (secondary N) is 1. The fraction of sp³-hybridized carbons (Fsp3) is 0.143. The summed E-state index contributed by atoms with van der Waals surface area (Å²) in [5, 5.41) is 1.13. The number of hydrogen-bond donors (Lipinski definition) is 1. The quantitative estimate of drug-likeness (QED) is 0.642. The van der Waals surface area contributed by atoms with Crippen LogP contribution in [0.3, 0.4) is 0 Å². The van der Waals surface area contributed by atoms with E-state index >= 15 is 0 Å². The van der Waals surface area contributed by atoms with E-state index in [9.17, 15) is 0 Å². The SMILES string of the molecule is Clc1cccc(Cl)c1CONOCc1ccccc1. The number of hydrogen-bond acceptors (Lipinski definition) is 3. The van der Waals surface area contributed by atoms with Gasteiger partial charge >= 0.3 is 0 Å². The molecule has 1 N–H and O–H groups in total. The Kier molecular flexibility index (Phi) is 5.63. The Morgan fingerprint density at radius 1 is 0.789 bits per heavy atom. The van der Waals surface area contributed by atoms with Gasteiger partial charge in [0.15, 0.2) is 0 Å². The molecule has 0 fully saturated rings. The Balaban J connectivity index is 1.73. The van der Waals surface area contributed by atoms with Gasteiger partial charge in [0.2, 0.25) is 0 Å². The van der Waals surface area contributed by atoms with Gasteiger partial charge in [-0.1, -0.05) is 65.2 Å². The van der Waals surface area contributed by atoms with Gasteiger partial charge in [-0.15, -0.1) is 0 Å². The molecule has 0 aliphatic heterocycles. The van der Waals surface area contributed by atoms with Crippen LogP contribution < -0.4 is 5.64 Å². The number of halogens is 2. The van der Waals surface area contributed by atoms with E-state index in [1.807, 2.05) is 30.3 Å². The van der Waals surface area contributed by atoms with Gasteiger partial charge in [-0.25, -0.2) is 0 Å². The maximum absolute atomic E-state index is 6.01. The highest BCUT2D eigenvalue weighted by Crippen LogP contribution is 2.24. The van der Waals surface area contributed by atoms with Crippen molar-refractivity contribution >= 4 is 23.2 Å². The van der Waals surface area contributed by atoms with E-state index in [0.29, 0.717) is 16.7 Å². The van der Waals surface area contributed by atoms with E-state index in [2.05, 4.69) is 5.64 Å². The highest BCUT2D eigenvalue weighted by atomic mass is 35.5. The minimum atomic E-state index is 0.229. The van der Waals surface area contributed by atoms with Gasteiger partial charge in [0, 0.05) is 15.6 Å². The second-order valence-electron chi connectivity index (χ2n) is 3.85. The zero-order valence-corrected chi connectivity index (χ0v) is 11.6. The maximum Gasteiger partial charge on any atom is 0.0988 e. The third kappa shape index (κ3) is 4.49. The van der Waals surface area contributed by atoms with Crippen molar-refractivity contribution in [1.29, 1.82) is 0 Å². The largest absolute Gasteiger partial charge is 0.272 e. The van der Waals surface area contributed by atoms with Crippen LogP contribution in [0, 0.1) is 0 Å². The third-order valence-corrected chi connectivity index (χ3v) is 3.19. The summed E-state index contributed by atoms with van der Waals surface area (Å²) in [6.45, 7) is 0.643. The zero-order chi connectivity index (χ0) is 13.5. The molecule has 0 unspecified atom stereocenters. The van der Waals surface area contributed by atoms with E-state index < -0.39 is 0 Å². The lowest BCUT2D eigenvalue weighted by Crippen LogP contribution is -2.15. The minimum absolute atomic E-state index is 0.229. The Morgan fingerprint density at radius 2 is 1.42 bits per heavy atom. The smallest absolute Gasteiger partial charge is 0.0988 e. The molecule has 0 bridgehead atoms. The molecule has 0 saturated heterocycles. The molecule has 0 saturated carbocycles. The van der Waals surface area contributed by atoms with Gasteiger partial charge in [-0.2, -0.15) is 0 Å². The van der Waals surface area contributed by atoms with Crippen molar-refractivity contribution in [3.63, 3.8) is 0 Å². The molecule has 0 amide bonds. The highest BCUT2D eigenvalue weighted by Gasteiger charge is 2.05. The lowest BCUT2D eigenvalue weighted by molar-refractivity contribution is -0.184. The van der Waals surface area contributed by atoms with Crippen LogP contribution in [0.2, 0.25) is 10.0 Å². The molecule has 5 heteroatoms. The average Bonchev–Trinajstić information content (AvgIpc) is 2.42. The molecule has 100 valence electrons. The fourth-order valence-corrected chi connectivity index (χ4v) is 2.01. The molecule has 2 aromatic carbocycles. The fourth-order valence-electron chi connectivity index (χ4n) is 1.50. The molecule has 0 heterocycles. The van der Waals surface area contributed by atoms with Crippen molar-refractivity contribution in [2.45, 2.75) is 13.2 Å². The van der Waals surface area contributed by atoms with E-state index in [4.69, 9.17) is 32.9 Å². The van der Waals surface area contributed by atoms with Gasteiger partial charge in [0.25, 0.3) is 0 Å². The van der Waals surface area contributed by atoms with Crippen LogP contribution in [0.25, 0.3) is 0 Å². The van der Waals surface area contributed by atoms with Crippen LogP contribution in [-0.4, -0.2) is 0 Å². The zero-order valence-electron chi connectivity index (χ0n) is 10.1. The molecule has 0 aliphatic rings. The maximum atomic E-state index is 6.01. The summed E-state index contributed by atoms with van der Waals surface area (Å²) in [4.78, 5) is 10.3. The summed E-state index contributed by atoms with van der Waals surface area (Å²) in [6, 6.07) is 15.1. The molecule has 2 aromatic rings. The normalized spacial score (nSPS) is 10.6. The van der Waals surface area contributed by atoms with E-state index in [1.165, 1.54) is 0 Å². The summed E-state index contributed by atoms with van der Waals surface area (Å²) in [5.74, 6) is 0. The molecule has 0 spiro atoms. The Labute approximate surface area is 122 Å².